The lowest BCUT2D eigenvalue weighted by Gasteiger charge is -2.11. The number of aryl methyl sites for hydroxylation is 1. The quantitative estimate of drug-likeness (QED) is 0.618. The molecule has 0 saturated carbocycles. The lowest BCUT2D eigenvalue weighted by atomic mass is 10.1. The van der Waals surface area contributed by atoms with Crippen molar-refractivity contribution in [2.45, 2.75) is 38.9 Å². The number of hydrogen-bond donors (Lipinski definition) is 1. The molecule has 3 heteroatoms. The van der Waals surface area contributed by atoms with Crippen LogP contribution in [0.3, 0.4) is 0 Å². The summed E-state index contributed by atoms with van der Waals surface area (Å²) in [6, 6.07) is 2.09. The molecule has 1 aromatic rings. The molecule has 1 rings (SSSR count). The Morgan fingerprint density at radius 2 is 2.31 bits per heavy atom. The largest absolute Gasteiger partial charge is 0.260 e. The van der Waals surface area contributed by atoms with Crippen LogP contribution in [-0.4, -0.2) is 4.98 Å². The van der Waals surface area contributed by atoms with Crippen LogP contribution in [0.25, 0.3) is 0 Å². The van der Waals surface area contributed by atoms with Crippen molar-refractivity contribution in [3.05, 3.63) is 39.6 Å². The van der Waals surface area contributed by atoms with Crippen molar-refractivity contribution in [2.24, 2.45) is 0 Å². The van der Waals surface area contributed by atoms with E-state index in [2.05, 4.69) is 59.5 Å². The predicted molar refractivity (Wildman–Crippen MR) is 77.1 cm³/mol. The fourth-order valence-corrected chi connectivity index (χ4v) is 2.52. The highest BCUT2D eigenvalue weighted by molar-refractivity contribution is 9.10. The van der Waals surface area contributed by atoms with Gasteiger partial charge in [-0.1, -0.05) is 25.0 Å². The van der Waals surface area contributed by atoms with Crippen molar-refractivity contribution in [2.75, 3.05) is 0 Å². The molecule has 88 valence electrons. The Hall–Kier alpha value is -0.280. The number of thiol groups is 1. The zero-order valence-corrected chi connectivity index (χ0v) is 12.5. The van der Waals surface area contributed by atoms with Crippen molar-refractivity contribution in [3.8, 4) is 0 Å². The molecule has 1 heterocycles. The Morgan fingerprint density at radius 1 is 1.62 bits per heavy atom. The number of rotatable bonds is 4. The van der Waals surface area contributed by atoms with Crippen molar-refractivity contribution in [3.63, 3.8) is 0 Å². The summed E-state index contributed by atoms with van der Waals surface area (Å²) < 4.78 is 1.01. The third-order valence-corrected chi connectivity index (χ3v) is 3.36. The number of halogens is 1. The van der Waals surface area contributed by atoms with Gasteiger partial charge in [-0.2, -0.15) is 12.6 Å². The SMILES string of the molecule is CCC/C(C)=C/C(S)c1cc(Br)cnc1C. The van der Waals surface area contributed by atoms with Gasteiger partial charge in [-0.05, 0) is 47.8 Å². The maximum absolute atomic E-state index is 4.63. The van der Waals surface area contributed by atoms with Crippen LogP contribution in [0.2, 0.25) is 0 Å². The molecule has 0 aliphatic carbocycles. The zero-order chi connectivity index (χ0) is 12.1. The van der Waals surface area contributed by atoms with Crippen molar-refractivity contribution >= 4 is 28.6 Å². The first-order valence-corrected chi connectivity index (χ1v) is 6.83. The molecule has 0 aromatic carbocycles. The minimum atomic E-state index is 0.136. The van der Waals surface area contributed by atoms with Crippen LogP contribution < -0.4 is 0 Å². The average molecular weight is 300 g/mol. The minimum absolute atomic E-state index is 0.136. The molecule has 0 N–H and O–H groups in total. The summed E-state index contributed by atoms with van der Waals surface area (Å²) in [6.45, 7) is 6.37. The standard InChI is InChI=1S/C13H18BrNS/c1-4-5-9(2)6-13(16)12-7-11(14)8-15-10(12)3/h6-8,13,16H,4-5H2,1-3H3/b9-6+. The van der Waals surface area contributed by atoms with Gasteiger partial charge in [0, 0.05) is 21.6 Å². The summed E-state index contributed by atoms with van der Waals surface area (Å²) in [6.07, 6.45) is 6.35. The number of aromatic nitrogens is 1. The average Bonchev–Trinajstić information content (AvgIpc) is 2.21. The summed E-state index contributed by atoms with van der Waals surface area (Å²) in [5.41, 5.74) is 3.61. The van der Waals surface area contributed by atoms with Crippen LogP contribution in [0.5, 0.6) is 0 Å². The Bertz CT molecular complexity index is 388. The highest BCUT2D eigenvalue weighted by Gasteiger charge is 2.08. The van der Waals surface area contributed by atoms with E-state index in [-0.39, 0.29) is 5.25 Å². The second-order valence-corrected chi connectivity index (χ2v) is 5.51. The Labute approximate surface area is 112 Å². The van der Waals surface area contributed by atoms with Crippen LogP contribution in [0.4, 0.5) is 0 Å². The molecule has 1 aromatic heterocycles. The molecule has 1 atom stereocenters. The van der Waals surface area contributed by atoms with Crippen LogP contribution in [0.1, 0.15) is 43.2 Å². The smallest absolute Gasteiger partial charge is 0.0467 e. The predicted octanol–water partition coefficient (Wildman–Crippen LogP) is 4.87. The number of nitrogens with zero attached hydrogens (tertiary/aromatic N) is 1. The van der Waals surface area contributed by atoms with Crippen molar-refractivity contribution in [1.82, 2.24) is 4.98 Å². The van der Waals surface area contributed by atoms with E-state index in [1.54, 1.807) is 0 Å². The van der Waals surface area contributed by atoms with Gasteiger partial charge in [-0.15, -0.1) is 0 Å². The first-order valence-electron chi connectivity index (χ1n) is 5.52. The van der Waals surface area contributed by atoms with E-state index in [0.717, 1.165) is 16.6 Å². The first kappa shape index (κ1) is 13.8. The molecular formula is C13H18BrNS. The fourth-order valence-electron chi connectivity index (χ4n) is 1.66. The molecule has 0 aliphatic heterocycles. The summed E-state index contributed by atoms with van der Waals surface area (Å²) in [5.74, 6) is 0. The third kappa shape index (κ3) is 3.95. The monoisotopic (exact) mass is 299 g/mol. The first-order chi connectivity index (χ1) is 7.54. The van der Waals surface area contributed by atoms with Crippen LogP contribution in [0.15, 0.2) is 28.4 Å². The lowest BCUT2D eigenvalue weighted by molar-refractivity contribution is 0.895. The molecule has 0 spiro atoms. The molecule has 0 aliphatic rings. The summed E-state index contributed by atoms with van der Waals surface area (Å²) in [4.78, 5) is 4.33. The molecule has 0 saturated heterocycles. The number of pyridine rings is 1. The van der Waals surface area contributed by atoms with Gasteiger partial charge >= 0.3 is 0 Å². The van der Waals surface area contributed by atoms with Gasteiger partial charge in [0.2, 0.25) is 0 Å². The highest BCUT2D eigenvalue weighted by Crippen LogP contribution is 2.27. The molecule has 1 nitrogen and oxygen atoms in total. The highest BCUT2D eigenvalue weighted by atomic mass is 79.9. The molecule has 0 bridgehead atoms. The molecule has 0 amide bonds. The van der Waals surface area contributed by atoms with E-state index in [9.17, 15) is 0 Å². The molecular weight excluding hydrogens is 282 g/mol. The van der Waals surface area contributed by atoms with Gasteiger partial charge < -0.3 is 0 Å². The van der Waals surface area contributed by atoms with E-state index in [0.29, 0.717) is 0 Å². The van der Waals surface area contributed by atoms with Gasteiger partial charge in [0.1, 0.15) is 0 Å². The van der Waals surface area contributed by atoms with E-state index in [4.69, 9.17) is 0 Å². The summed E-state index contributed by atoms with van der Waals surface area (Å²) in [5, 5.41) is 0.136. The van der Waals surface area contributed by atoms with Gasteiger partial charge in [0.15, 0.2) is 0 Å². The van der Waals surface area contributed by atoms with Crippen LogP contribution >= 0.6 is 28.6 Å². The Balaban J connectivity index is 2.91. The Kier molecular flexibility index (Phi) is 5.56. The van der Waals surface area contributed by atoms with Gasteiger partial charge in [-0.3, -0.25) is 4.98 Å². The van der Waals surface area contributed by atoms with Crippen LogP contribution in [0, 0.1) is 6.92 Å². The molecule has 1 unspecified atom stereocenters. The minimum Gasteiger partial charge on any atom is -0.260 e. The van der Waals surface area contributed by atoms with Crippen molar-refractivity contribution in [1.29, 1.82) is 0 Å². The topological polar surface area (TPSA) is 12.9 Å². The second-order valence-electron chi connectivity index (χ2n) is 4.04. The fraction of sp³-hybridized carbons (Fsp3) is 0.462. The molecule has 0 fully saturated rings. The normalized spacial score (nSPS) is 13.9. The summed E-state index contributed by atoms with van der Waals surface area (Å²) >= 11 is 8.08. The van der Waals surface area contributed by atoms with Crippen LogP contribution in [-0.2, 0) is 0 Å². The molecule has 0 radical (unpaired) electrons. The maximum atomic E-state index is 4.63. The summed E-state index contributed by atoms with van der Waals surface area (Å²) in [7, 11) is 0. The number of hydrogen-bond acceptors (Lipinski definition) is 2. The lowest BCUT2D eigenvalue weighted by Crippen LogP contribution is -1.95. The second kappa shape index (κ2) is 6.45. The van der Waals surface area contributed by atoms with E-state index >= 15 is 0 Å². The van der Waals surface area contributed by atoms with Gasteiger partial charge in [0.05, 0.1) is 0 Å². The van der Waals surface area contributed by atoms with Gasteiger partial charge in [0.25, 0.3) is 0 Å². The van der Waals surface area contributed by atoms with E-state index in [1.165, 1.54) is 17.6 Å². The van der Waals surface area contributed by atoms with Gasteiger partial charge in [-0.25, -0.2) is 0 Å². The van der Waals surface area contributed by atoms with E-state index < -0.39 is 0 Å². The van der Waals surface area contributed by atoms with Crippen molar-refractivity contribution < 1.29 is 0 Å². The Morgan fingerprint density at radius 3 is 2.94 bits per heavy atom. The van der Waals surface area contributed by atoms with E-state index in [1.807, 2.05) is 13.1 Å². The maximum Gasteiger partial charge on any atom is 0.0467 e. The molecule has 16 heavy (non-hydrogen) atoms. The third-order valence-electron chi connectivity index (χ3n) is 2.50. The zero-order valence-electron chi connectivity index (χ0n) is 10.00. The number of allylic oxidation sites excluding steroid dienone is 1.